The molecular formula is C19H18O2. The predicted octanol–water partition coefficient (Wildman–Crippen LogP) is 4.29. The van der Waals surface area contributed by atoms with E-state index >= 15 is 0 Å². The molecule has 106 valence electrons. The second kappa shape index (κ2) is 5.13. The maximum Gasteiger partial charge on any atom is 0.115 e. The van der Waals surface area contributed by atoms with Crippen LogP contribution in [0.1, 0.15) is 24.5 Å². The lowest BCUT2D eigenvalue weighted by Crippen LogP contribution is -2.26. The van der Waals surface area contributed by atoms with Crippen LogP contribution in [0.4, 0.5) is 0 Å². The molecular weight excluding hydrogens is 260 g/mol. The molecule has 0 aliphatic heterocycles. The van der Waals surface area contributed by atoms with Gasteiger partial charge in [0.1, 0.15) is 11.5 Å². The van der Waals surface area contributed by atoms with Crippen molar-refractivity contribution in [2.45, 2.75) is 18.8 Å². The molecule has 0 bridgehead atoms. The SMILES string of the molecule is CC1=CC(c2ccc(O)cc2)(c2ccc(O)cc2)CC=C1. The smallest absolute Gasteiger partial charge is 0.115 e. The van der Waals surface area contributed by atoms with E-state index in [4.69, 9.17) is 0 Å². The van der Waals surface area contributed by atoms with Crippen LogP contribution >= 0.6 is 0 Å². The molecule has 2 N–H and O–H groups in total. The van der Waals surface area contributed by atoms with Crippen molar-refractivity contribution < 1.29 is 10.2 Å². The van der Waals surface area contributed by atoms with Crippen molar-refractivity contribution in [1.29, 1.82) is 0 Å². The van der Waals surface area contributed by atoms with Crippen LogP contribution in [0.5, 0.6) is 11.5 Å². The normalized spacial score (nSPS) is 16.5. The highest BCUT2D eigenvalue weighted by molar-refractivity contribution is 5.50. The van der Waals surface area contributed by atoms with Crippen molar-refractivity contribution in [2.75, 3.05) is 0 Å². The highest BCUT2D eigenvalue weighted by Crippen LogP contribution is 2.41. The summed E-state index contributed by atoms with van der Waals surface area (Å²) in [4.78, 5) is 0. The monoisotopic (exact) mass is 278 g/mol. The Bertz CT molecular complexity index is 646. The third-order valence-corrected chi connectivity index (χ3v) is 4.06. The highest BCUT2D eigenvalue weighted by Gasteiger charge is 2.32. The number of rotatable bonds is 2. The first kappa shape index (κ1) is 13.5. The first-order valence-corrected chi connectivity index (χ1v) is 7.05. The molecule has 1 aliphatic carbocycles. The van der Waals surface area contributed by atoms with Crippen LogP contribution < -0.4 is 0 Å². The summed E-state index contributed by atoms with van der Waals surface area (Å²) in [6.07, 6.45) is 7.42. The summed E-state index contributed by atoms with van der Waals surface area (Å²) < 4.78 is 0. The van der Waals surface area contributed by atoms with Crippen molar-refractivity contribution in [3.05, 3.63) is 83.5 Å². The Kier molecular flexibility index (Phi) is 3.30. The van der Waals surface area contributed by atoms with Gasteiger partial charge in [-0.3, -0.25) is 0 Å². The lowest BCUT2D eigenvalue weighted by Gasteiger charge is -2.34. The fourth-order valence-corrected chi connectivity index (χ4v) is 3.01. The lowest BCUT2D eigenvalue weighted by molar-refractivity contribution is 0.474. The van der Waals surface area contributed by atoms with E-state index in [-0.39, 0.29) is 16.9 Å². The molecule has 1 aliphatic rings. The van der Waals surface area contributed by atoms with Crippen LogP contribution in [-0.2, 0) is 5.41 Å². The number of hydrogen-bond acceptors (Lipinski definition) is 2. The van der Waals surface area contributed by atoms with E-state index in [9.17, 15) is 10.2 Å². The first-order valence-electron chi connectivity index (χ1n) is 7.05. The number of allylic oxidation sites excluding steroid dienone is 4. The van der Waals surface area contributed by atoms with E-state index in [1.807, 2.05) is 24.3 Å². The van der Waals surface area contributed by atoms with Crippen molar-refractivity contribution in [1.82, 2.24) is 0 Å². The van der Waals surface area contributed by atoms with Gasteiger partial charge in [0.05, 0.1) is 0 Å². The Morgan fingerprint density at radius 2 is 1.29 bits per heavy atom. The van der Waals surface area contributed by atoms with Crippen LogP contribution in [0.25, 0.3) is 0 Å². The third kappa shape index (κ3) is 2.45. The van der Waals surface area contributed by atoms with E-state index < -0.39 is 0 Å². The van der Waals surface area contributed by atoms with Crippen molar-refractivity contribution in [2.24, 2.45) is 0 Å². The van der Waals surface area contributed by atoms with Gasteiger partial charge in [-0.05, 0) is 48.7 Å². The number of benzene rings is 2. The van der Waals surface area contributed by atoms with Gasteiger partial charge in [0, 0.05) is 5.41 Å². The molecule has 0 spiro atoms. The molecule has 3 rings (SSSR count). The van der Waals surface area contributed by atoms with E-state index in [2.05, 4.69) is 25.2 Å². The second-order valence-electron chi connectivity index (χ2n) is 5.56. The highest BCUT2D eigenvalue weighted by atomic mass is 16.3. The summed E-state index contributed by atoms with van der Waals surface area (Å²) in [5.41, 5.74) is 3.23. The second-order valence-corrected chi connectivity index (χ2v) is 5.56. The fraction of sp³-hybridized carbons (Fsp3) is 0.158. The Balaban J connectivity index is 2.18. The van der Waals surface area contributed by atoms with Crippen molar-refractivity contribution >= 4 is 0 Å². The molecule has 0 saturated heterocycles. The van der Waals surface area contributed by atoms with Crippen LogP contribution in [0.2, 0.25) is 0 Å². The standard InChI is InChI=1S/C19H18O2/c1-14-3-2-12-19(13-14,15-4-8-17(20)9-5-15)16-6-10-18(21)11-7-16/h2-11,13,20-21H,12H2,1H3. The van der Waals surface area contributed by atoms with Gasteiger partial charge in [-0.2, -0.15) is 0 Å². The summed E-state index contributed by atoms with van der Waals surface area (Å²) in [6.45, 7) is 2.09. The maximum atomic E-state index is 9.54. The van der Waals surface area contributed by atoms with Gasteiger partial charge in [0.15, 0.2) is 0 Å². The minimum Gasteiger partial charge on any atom is -0.508 e. The van der Waals surface area contributed by atoms with Gasteiger partial charge < -0.3 is 10.2 Å². The van der Waals surface area contributed by atoms with Crippen LogP contribution in [0, 0.1) is 0 Å². The molecule has 0 atom stereocenters. The van der Waals surface area contributed by atoms with Gasteiger partial charge in [-0.25, -0.2) is 0 Å². The van der Waals surface area contributed by atoms with Gasteiger partial charge in [0.2, 0.25) is 0 Å². The first-order chi connectivity index (χ1) is 10.1. The summed E-state index contributed by atoms with van der Waals surface area (Å²) in [5, 5.41) is 19.1. The molecule has 21 heavy (non-hydrogen) atoms. The zero-order chi connectivity index (χ0) is 14.9. The molecule has 0 radical (unpaired) electrons. The number of phenolic OH excluding ortho intramolecular Hbond substituents is 2. The fourth-order valence-electron chi connectivity index (χ4n) is 3.01. The summed E-state index contributed by atoms with van der Waals surface area (Å²) >= 11 is 0. The molecule has 0 heterocycles. The number of aromatic hydroxyl groups is 2. The summed E-state index contributed by atoms with van der Waals surface area (Å²) in [6, 6.07) is 14.7. The van der Waals surface area contributed by atoms with Crippen LogP contribution in [0.15, 0.2) is 72.3 Å². The van der Waals surface area contributed by atoms with Gasteiger partial charge in [0.25, 0.3) is 0 Å². The lowest BCUT2D eigenvalue weighted by atomic mass is 9.69. The molecule has 2 aromatic rings. The zero-order valence-corrected chi connectivity index (χ0v) is 12.0. The largest absolute Gasteiger partial charge is 0.508 e. The van der Waals surface area contributed by atoms with Crippen LogP contribution in [-0.4, -0.2) is 10.2 Å². The minimum atomic E-state index is -0.250. The molecule has 0 aromatic heterocycles. The van der Waals surface area contributed by atoms with Crippen LogP contribution in [0.3, 0.4) is 0 Å². The average molecular weight is 278 g/mol. The molecule has 0 fully saturated rings. The summed E-state index contributed by atoms with van der Waals surface area (Å²) in [5.74, 6) is 0.540. The maximum absolute atomic E-state index is 9.54. The molecule has 2 aromatic carbocycles. The Labute approximate surface area is 124 Å². The molecule has 2 nitrogen and oxygen atoms in total. The third-order valence-electron chi connectivity index (χ3n) is 4.06. The molecule has 0 amide bonds. The van der Waals surface area contributed by atoms with Gasteiger partial charge in [-0.15, -0.1) is 0 Å². The average Bonchev–Trinajstić information content (AvgIpc) is 2.48. The summed E-state index contributed by atoms with van der Waals surface area (Å²) in [7, 11) is 0. The minimum absolute atomic E-state index is 0.250. The predicted molar refractivity (Wildman–Crippen MR) is 84.5 cm³/mol. The Morgan fingerprint density at radius 1 is 0.810 bits per heavy atom. The van der Waals surface area contributed by atoms with Crippen molar-refractivity contribution in [3.8, 4) is 11.5 Å². The molecule has 0 saturated carbocycles. The topological polar surface area (TPSA) is 40.5 Å². The zero-order valence-electron chi connectivity index (χ0n) is 12.0. The number of phenols is 2. The Morgan fingerprint density at radius 3 is 1.71 bits per heavy atom. The van der Waals surface area contributed by atoms with Gasteiger partial charge in [-0.1, -0.05) is 48.1 Å². The molecule has 2 heteroatoms. The molecule has 0 unspecified atom stereocenters. The van der Waals surface area contributed by atoms with E-state index in [0.717, 1.165) is 17.5 Å². The van der Waals surface area contributed by atoms with Gasteiger partial charge >= 0.3 is 0 Å². The quantitative estimate of drug-likeness (QED) is 0.860. The van der Waals surface area contributed by atoms with E-state index in [1.54, 1.807) is 24.3 Å². The number of hydrogen-bond donors (Lipinski definition) is 2. The van der Waals surface area contributed by atoms with E-state index in [1.165, 1.54) is 5.57 Å². The Hall–Kier alpha value is -2.48. The van der Waals surface area contributed by atoms with Crippen molar-refractivity contribution in [3.63, 3.8) is 0 Å². The van der Waals surface area contributed by atoms with E-state index in [0.29, 0.717) is 0 Å².